The number of benzene rings is 1. The van der Waals surface area contributed by atoms with Gasteiger partial charge in [0, 0.05) is 12.8 Å². The lowest BCUT2D eigenvalue weighted by Crippen LogP contribution is -2.18. The van der Waals surface area contributed by atoms with Gasteiger partial charge in [-0.05, 0) is 36.1 Å². The molecule has 0 saturated carbocycles. The van der Waals surface area contributed by atoms with Crippen molar-refractivity contribution >= 4 is 24.6 Å². The fourth-order valence-electron chi connectivity index (χ4n) is 2.03. The molecule has 1 rings (SSSR count). The summed E-state index contributed by atoms with van der Waals surface area (Å²) in [5, 5.41) is 0.778. The molecule has 0 aliphatic rings. The van der Waals surface area contributed by atoms with Gasteiger partial charge in [-0.2, -0.15) is 11.2 Å². The molecule has 1 atom stereocenters. The lowest BCUT2D eigenvalue weighted by atomic mass is 10.1. The first-order chi connectivity index (χ1) is 8.88. The van der Waals surface area contributed by atoms with E-state index in [2.05, 4.69) is 74.0 Å². The van der Waals surface area contributed by atoms with Gasteiger partial charge in [0.1, 0.15) is 7.22 Å². The van der Waals surface area contributed by atoms with E-state index in [0.29, 0.717) is 0 Å². The van der Waals surface area contributed by atoms with Crippen molar-refractivity contribution in [3.63, 3.8) is 0 Å². The molecule has 0 spiro atoms. The van der Waals surface area contributed by atoms with Crippen LogP contribution >= 0.6 is 11.2 Å². The van der Waals surface area contributed by atoms with E-state index in [0.717, 1.165) is 11.8 Å². The van der Waals surface area contributed by atoms with Crippen LogP contribution in [0.25, 0.3) is 0 Å². The Morgan fingerprint density at radius 1 is 1.26 bits per heavy atom. The van der Waals surface area contributed by atoms with Crippen molar-refractivity contribution in [1.29, 1.82) is 0 Å². The summed E-state index contributed by atoms with van der Waals surface area (Å²) >= 11 is 2.20. The molecule has 1 aromatic rings. The van der Waals surface area contributed by atoms with Crippen LogP contribution in [0.5, 0.6) is 0 Å². The molecule has 1 unspecified atom stereocenters. The zero-order chi connectivity index (χ0) is 14.3. The van der Waals surface area contributed by atoms with E-state index in [1.165, 1.54) is 24.0 Å². The normalized spacial score (nSPS) is 13.9. The lowest BCUT2D eigenvalue weighted by Gasteiger charge is -2.20. The minimum atomic E-state index is -0.971. The molecule has 0 saturated heterocycles. The van der Waals surface area contributed by atoms with E-state index in [-0.39, 0.29) is 0 Å². The van der Waals surface area contributed by atoms with Gasteiger partial charge in [0.2, 0.25) is 0 Å². The quantitative estimate of drug-likeness (QED) is 0.385. The Labute approximate surface area is 123 Å². The van der Waals surface area contributed by atoms with E-state index in [1.807, 2.05) is 6.21 Å². The van der Waals surface area contributed by atoms with Gasteiger partial charge in [-0.3, -0.25) is 4.99 Å². The predicted molar refractivity (Wildman–Crippen MR) is 93.3 cm³/mol. The second-order valence-corrected chi connectivity index (χ2v) is 15.7. The highest BCUT2D eigenvalue weighted by atomic mass is 32.4. The van der Waals surface area contributed by atoms with E-state index < -0.39 is 7.22 Å². The van der Waals surface area contributed by atoms with Gasteiger partial charge < -0.3 is 0 Å². The highest BCUT2D eigenvalue weighted by molar-refractivity contribution is 8.29. The van der Waals surface area contributed by atoms with E-state index >= 15 is 0 Å². The van der Waals surface area contributed by atoms with Crippen molar-refractivity contribution in [2.75, 3.05) is 6.54 Å². The Hall–Kier alpha value is -0.543. The molecule has 3 heteroatoms. The molecule has 1 nitrogen and oxygen atoms in total. The number of rotatable bonds is 7. The highest BCUT2D eigenvalue weighted by Gasteiger charge is 2.17. The van der Waals surface area contributed by atoms with Crippen LogP contribution in [0, 0.1) is 6.92 Å². The summed E-state index contributed by atoms with van der Waals surface area (Å²) in [6.07, 6.45) is 4.49. The molecule has 106 valence electrons. The maximum Gasteiger partial charge on any atom is 0.108 e. The van der Waals surface area contributed by atoms with Crippen molar-refractivity contribution in [2.45, 2.75) is 51.6 Å². The summed E-state index contributed by atoms with van der Waals surface area (Å²) in [5.74, 6) is 0. The van der Waals surface area contributed by atoms with Gasteiger partial charge >= 0.3 is 0 Å². The third-order valence-electron chi connectivity index (χ3n) is 2.87. The third kappa shape index (κ3) is 7.58. The summed E-state index contributed by atoms with van der Waals surface area (Å²) in [6.45, 7) is 12.7. The second kappa shape index (κ2) is 7.90. The fourth-order valence-corrected chi connectivity index (χ4v) is 7.49. The maximum atomic E-state index is 4.55. The first kappa shape index (κ1) is 16.5. The molecule has 1 aromatic carbocycles. The van der Waals surface area contributed by atoms with Crippen LogP contribution in [0.1, 0.15) is 30.9 Å². The monoisotopic (exact) mass is 293 g/mol. The number of aliphatic imine (C=N–C) groups is 1. The molecule has 0 bridgehead atoms. The first-order valence-corrected chi connectivity index (χ1v) is 12.2. The predicted octanol–water partition coefficient (Wildman–Crippen LogP) is 5.15. The molecular formula is C16H27NSSi. The third-order valence-corrected chi connectivity index (χ3v) is 7.55. The molecule has 0 fully saturated rings. The van der Waals surface area contributed by atoms with E-state index in [1.54, 1.807) is 0 Å². The van der Waals surface area contributed by atoms with E-state index in [4.69, 9.17) is 0 Å². The minimum absolute atomic E-state index is 0.778. The van der Waals surface area contributed by atoms with Gasteiger partial charge in [-0.25, -0.2) is 0 Å². The van der Waals surface area contributed by atoms with Crippen molar-refractivity contribution in [2.24, 2.45) is 4.99 Å². The van der Waals surface area contributed by atoms with Crippen LogP contribution in [0.2, 0.25) is 19.6 Å². The summed E-state index contributed by atoms with van der Waals surface area (Å²) in [7, 11) is -0.971. The lowest BCUT2D eigenvalue weighted by molar-refractivity contribution is 0.743. The van der Waals surface area contributed by atoms with Gasteiger partial charge in [-0.1, -0.05) is 50.8 Å². The maximum absolute atomic E-state index is 4.55. The fraction of sp³-hybridized carbons (Fsp3) is 0.562. The average molecular weight is 294 g/mol. The van der Waals surface area contributed by atoms with Crippen molar-refractivity contribution in [1.82, 2.24) is 0 Å². The zero-order valence-electron chi connectivity index (χ0n) is 12.9. The van der Waals surface area contributed by atoms with Crippen LogP contribution in [0.4, 0.5) is 0 Å². The number of nitrogens with zero attached hydrogens (tertiary/aromatic N) is 1. The van der Waals surface area contributed by atoms with Gasteiger partial charge in [0.25, 0.3) is 0 Å². The Morgan fingerprint density at radius 3 is 2.58 bits per heavy atom. The van der Waals surface area contributed by atoms with Crippen molar-refractivity contribution in [3.05, 3.63) is 35.4 Å². The van der Waals surface area contributed by atoms with Crippen molar-refractivity contribution < 1.29 is 0 Å². The molecule has 0 heterocycles. The molecule has 0 aromatic heterocycles. The van der Waals surface area contributed by atoms with Crippen LogP contribution in [0.15, 0.2) is 29.3 Å². The Balaban J connectivity index is 2.26. The number of hydrogen-bond acceptors (Lipinski definition) is 2. The molecule has 0 N–H and O–H groups in total. The Morgan fingerprint density at radius 2 is 1.95 bits per heavy atom. The highest BCUT2D eigenvalue weighted by Crippen LogP contribution is 2.27. The summed E-state index contributed by atoms with van der Waals surface area (Å²) in [5.41, 5.74) is 2.54. The molecule has 0 aliphatic carbocycles. The van der Waals surface area contributed by atoms with Gasteiger partial charge in [-0.15, -0.1) is 0 Å². The largest absolute Gasteiger partial charge is 0.293 e. The average Bonchev–Trinajstić information content (AvgIpc) is 2.28. The van der Waals surface area contributed by atoms with Crippen LogP contribution in [-0.2, 0) is 0 Å². The summed E-state index contributed by atoms with van der Waals surface area (Å²) < 4.78 is 0. The van der Waals surface area contributed by atoms with Gasteiger partial charge in [0.05, 0.1) is 0 Å². The topological polar surface area (TPSA) is 12.4 Å². The Bertz CT molecular complexity index is 409. The van der Waals surface area contributed by atoms with Crippen LogP contribution in [0.3, 0.4) is 0 Å². The molecule has 0 aliphatic heterocycles. The molecule has 19 heavy (non-hydrogen) atoms. The first-order valence-electron chi connectivity index (χ1n) is 7.12. The molecule has 0 radical (unpaired) electrons. The smallest absolute Gasteiger partial charge is 0.108 e. The Kier molecular flexibility index (Phi) is 6.87. The zero-order valence-corrected chi connectivity index (χ0v) is 14.8. The molecule has 0 amide bonds. The number of aryl methyl sites for hydroxylation is 1. The second-order valence-electron chi connectivity index (χ2n) is 6.07. The standard InChI is InChI=1S/C16H27NSSi/c1-14-9-6-7-11-16(14)13-17-12-8-10-15(2)18-19(3,4)5/h6-7,9,11,13,15H,8,10,12H2,1-5H3. The SMILES string of the molecule is Cc1ccccc1C=NCCCC(C)S[Si](C)(C)C. The number of hydrogen-bond donors (Lipinski definition) is 0. The minimum Gasteiger partial charge on any atom is -0.293 e. The summed E-state index contributed by atoms with van der Waals surface area (Å²) in [6, 6.07) is 8.40. The van der Waals surface area contributed by atoms with Crippen molar-refractivity contribution in [3.8, 4) is 0 Å². The molecular weight excluding hydrogens is 266 g/mol. The van der Waals surface area contributed by atoms with Crippen LogP contribution < -0.4 is 0 Å². The van der Waals surface area contributed by atoms with Crippen LogP contribution in [-0.4, -0.2) is 25.2 Å². The van der Waals surface area contributed by atoms with Gasteiger partial charge in [0.15, 0.2) is 0 Å². The summed E-state index contributed by atoms with van der Waals surface area (Å²) in [4.78, 5) is 4.55. The van der Waals surface area contributed by atoms with E-state index in [9.17, 15) is 0 Å².